The Morgan fingerprint density at radius 1 is 1.64 bits per heavy atom. The van der Waals surface area contributed by atoms with Gasteiger partial charge in [-0.2, -0.15) is 0 Å². The highest BCUT2D eigenvalue weighted by molar-refractivity contribution is 5.85. The molecule has 14 heavy (non-hydrogen) atoms. The van der Waals surface area contributed by atoms with Crippen LogP contribution in [0.5, 0.6) is 0 Å². The van der Waals surface area contributed by atoms with Gasteiger partial charge in [0.15, 0.2) is 0 Å². The van der Waals surface area contributed by atoms with E-state index in [1.807, 2.05) is 21.0 Å². The normalized spacial score (nSPS) is 32.4. The summed E-state index contributed by atoms with van der Waals surface area (Å²) in [6, 6.07) is 0.474. The Morgan fingerprint density at radius 2 is 2.29 bits per heavy atom. The van der Waals surface area contributed by atoms with Gasteiger partial charge in [0.05, 0.1) is 5.54 Å². The van der Waals surface area contributed by atoms with Crippen LogP contribution in [0.3, 0.4) is 0 Å². The largest absolute Gasteiger partial charge is 0.368 e. The second-order valence-corrected chi connectivity index (χ2v) is 4.34. The van der Waals surface area contributed by atoms with E-state index in [9.17, 15) is 4.79 Å². The lowest BCUT2D eigenvalue weighted by Crippen LogP contribution is -2.54. The minimum atomic E-state index is -0.455. The molecule has 1 rings (SSSR count). The Bertz CT molecular complexity index is 217. The van der Waals surface area contributed by atoms with Gasteiger partial charge in [-0.15, -0.1) is 0 Å². The van der Waals surface area contributed by atoms with Gasteiger partial charge in [-0.05, 0) is 39.9 Å². The van der Waals surface area contributed by atoms with Crippen molar-refractivity contribution in [3.05, 3.63) is 0 Å². The van der Waals surface area contributed by atoms with Crippen LogP contribution < -0.4 is 11.1 Å². The van der Waals surface area contributed by atoms with Gasteiger partial charge < -0.3 is 16.0 Å². The van der Waals surface area contributed by atoms with Crippen molar-refractivity contribution in [1.29, 1.82) is 0 Å². The highest BCUT2D eigenvalue weighted by Crippen LogP contribution is 2.31. The topological polar surface area (TPSA) is 58.4 Å². The Labute approximate surface area is 85.8 Å². The van der Waals surface area contributed by atoms with E-state index in [1.54, 1.807) is 0 Å². The summed E-state index contributed by atoms with van der Waals surface area (Å²) in [6.45, 7) is 2.80. The number of hydrogen-bond donors (Lipinski definition) is 2. The average molecular weight is 199 g/mol. The molecule has 0 spiro atoms. The van der Waals surface area contributed by atoms with Gasteiger partial charge in [-0.3, -0.25) is 4.79 Å². The van der Waals surface area contributed by atoms with Crippen molar-refractivity contribution >= 4 is 5.91 Å². The smallest absolute Gasteiger partial charge is 0.237 e. The molecule has 0 aromatic carbocycles. The van der Waals surface area contributed by atoms with E-state index in [-0.39, 0.29) is 5.91 Å². The number of carbonyl (C=O) groups excluding carboxylic acids is 1. The molecule has 0 aliphatic heterocycles. The quantitative estimate of drug-likeness (QED) is 0.666. The Morgan fingerprint density at radius 3 is 2.64 bits per heavy atom. The van der Waals surface area contributed by atoms with Crippen molar-refractivity contribution < 1.29 is 4.79 Å². The van der Waals surface area contributed by atoms with Gasteiger partial charge in [0.2, 0.25) is 5.91 Å². The molecular weight excluding hydrogens is 178 g/mol. The summed E-state index contributed by atoms with van der Waals surface area (Å²) in [4.78, 5) is 13.6. The summed E-state index contributed by atoms with van der Waals surface area (Å²) in [7, 11) is 4.10. The van der Waals surface area contributed by atoms with Crippen molar-refractivity contribution in [2.75, 3.05) is 20.6 Å². The first-order valence-corrected chi connectivity index (χ1v) is 5.23. The van der Waals surface area contributed by atoms with Crippen LogP contribution >= 0.6 is 0 Å². The van der Waals surface area contributed by atoms with Gasteiger partial charge >= 0.3 is 0 Å². The second-order valence-electron chi connectivity index (χ2n) is 4.34. The molecule has 0 radical (unpaired) electrons. The molecule has 4 heteroatoms. The van der Waals surface area contributed by atoms with Gasteiger partial charge in [0.25, 0.3) is 0 Å². The van der Waals surface area contributed by atoms with E-state index in [1.165, 1.54) is 0 Å². The number of nitrogens with two attached hydrogens (primary N) is 1. The van der Waals surface area contributed by atoms with Gasteiger partial charge in [-0.1, -0.05) is 6.92 Å². The molecule has 1 aliphatic carbocycles. The highest BCUT2D eigenvalue weighted by Gasteiger charge is 2.43. The number of primary amides is 1. The van der Waals surface area contributed by atoms with Crippen molar-refractivity contribution in [2.24, 2.45) is 5.73 Å². The zero-order valence-electron chi connectivity index (χ0n) is 9.34. The molecule has 0 aromatic rings. The van der Waals surface area contributed by atoms with E-state index in [0.29, 0.717) is 6.04 Å². The predicted octanol–water partition coefficient (Wildman–Crippen LogP) is -0.0659. The molecule has 0 heterocycles. The lowest BCUT2D eigenvalue weighted by atomic mass is 9.96. The van der Waals surface area contributed by atoms with Crippen molar-refractivity contribution in [3.8, 4) is 0 Å². The minimum Gasteiger partial charge on any atom is -0.368 e. The third kappa shape index (κ3) is 2.07. The molecule has 82 valence electrons. The highest BCUT2D eigenvalue weighted by atomic mass is 16.1. The fourth-order valence-electron chi connectivity index (χ4n) is 2.27. The molecule has 0 bridgehead atoms. The predicted molar refractivity (Wildman–Crippen MR) is 56.9 cm³/mol. The number of nitrogens with one attached hydrogen (secondary N) is 1. The number of hydrogen-bond acceptors (Lipinski definition) is 3. The molecule has 2 unspecified atom stereocenters. The molecule has 1 aliphatic rings. The third-order valence-corrected chi connectivity index (χ3v) is 3.21. The minimum absolute atomic E-state index is 0.205. The number of likely N-dealkylation sites (N-methyl/N-ethyl adjacent to an activating group) is 1. The van der Waals surface area contributed by atoms with Crippen LogP contribution in [0.25, 0.3) is 0 Å². The fourth-order valence-corrected chi connectivity index (χ4v) is 2.27. The summed E-state index contributed by atoms with van der Waals surface area (Å²) < 4.78 is 0. The van der Waals surface area contributed by atoms with Gasteiger partial charge in [0.1, 0.15) is 0 Å². The molecule has 1 saturated carbocycles. The summed E-state index contributed by atoms with van der Waals surface area (Å²) in [5.41, 5.74) is 5.01. The van der Waals surface area contributed by atoms with E-state index >= 15 is 0 Å². The summed E-state index contributed by atoms with van der Waals surface area (Å²) >= 11 is 0. The van der Waals surface area contributed by atoms with Crippen LogP contribution in [0.1, 0.15) is 26.2 Å². The SMILES string of the molecule is CCNC1(C(N)=O)CCC(N(C)C)C1. The van der Waals surface area contributed by atoms with Crippen LogP contribution in [0.2, 0.25) is 0 Å². The standard InChI is InChI=1S/C10H21N3O/c1-4-12-10(9(11)14)6-5-8(7-10)13(2)3/h8,12H,4-7H2,1-3H3,(H2,11,14). The maximum Gasteiger partial charge on any atom is 0.237 e. The maximum absolute atomic E-state index is 11.4. The van der Waals surface area contributed by atoms with Crippen LogP contribution in [0.4, 0.5) is 0 Å². The lowest BCUT2D eigenvalue weighted by Gasteiger charge is -2.27. The summed E-state index contributed by atoms with van der Waals surface area (Å²) in [5.74, 6) is -0.205. The lowest BCUT2D eigenvalue weighted by molar-refractivity contribution is -0.124. The zero-order valence-corrected chi connectivity index (χ0v) is 9.34. The van der Waals surface area contributed by atoms with E-state index < -0.39 is 5.54 Å². The monoisotopic (exact) mass is 199 g/mol. The molecule has 1 amide bonds. The van der Waals surface area contributed by atoms with Crippen LogP contribution in [-0.2, 0) is 4.79 Å². The maximum atomic E-state index is 11.4. The van der Waals surface area contributed by atoms with Crippen molar-refractivity contribution in [3.63, 3.8) is 0 Å². The van der Waals surface area contributed by atoms with Crippen LogP contribution in [0.15, 0.2) is 0 Å². The van der Waals surface area contributed by atoms with E-state index in [0.717, 1.165) is 25.8 Å². The molecule has 0 aromatic heterocycles. The molecule has 1 fully saturated rings. The first kappa shape index (κ1) is 11.5. The summed E-state index contributed by atoms with van der Waals surface area (Å²) in [5, 5.41) is 3.24. The Kier molecular flexibility index (Phi) is 3.50. The Hall–Kier alpha value is -0.610. The van der Waals surface area contributed by atoms with E-state index in [2.05, 4.69) is 10.2 Å². The number of carbonyl (C=O) groups is 1. The average Bonchev–Trinajstić information content (AvgIpc) is 2.50. The number of rotatable bonds is 4. The first-order chi connectivity index (χ1) is 6.52. The van der Waals surface area contributed by atoms with Crippen molar-refractivity contribution in [1.82, 2.24) is 10.2 Å². The Balaban J connectivity index is 2.69. The molecule has 3 N–H and O–H groups in total. The second kappa shape index (κ2) is 4.28. The summed E-state index contributed by atoms with van der Waals surface area (Å²) in [6.07, 6.45) is 2.74. The molecular formula is C10H21N3O. The van der Waals surface area contributed by atoms with Crippen LogP contribution in [0, 0.1) is 0 Å². The number of nitrogens with zero attached hydrogens (tertiary/aromatic N) is 1. The number of amides is 1. The molecule has 2 atom stereocenters. The van der Waals surface area contributed by atoms with Crippen molar-refractivity contribution in [2.45, 2.75) is 37.8 Å². The van der Waals surface area contributed by atoms with Crippen LogP contribution in [-0.4, -0.2) is 43.0 Å². The van der Waals surface area contributed by atoms with Gasteiger partial charge in [-0.25, -0.2) is 0 Å². The van der Waals surface area contributed by atoms with Gasteiger partial charge in [0, 0.05) is 6.04 Å². The van der Waals surface area contributed by atoms with E-state index in [4.69, 9.17) is 5.73 Å². The third-order valence-electron chi connectivity index (χ3n) is 3.21. The first-order valence-electron chi connectivity index (χ1n) is 5.23. The fraction of sp³-hybridized carbons (Fsp3) is 0.900. The zero-order chi connectivity index (χ0) is 10.8. The molecule has 4 nitrogen and oxygen atoms in total. The molecule has 0 saturated heterocycles.